The van der Waals surface area contributed by atoms with E-state index in [4.69, 9.17) is 4.74 Å². The van der Waals surface area contributed by atoms with Gasteiger partial charge in [-0.1, -0.05) is 12.1 Å². The molecule has 45 heavy (non-hydrogen) atoms. The fraction of sp³-hybridized carbons (Fsp3) is 0.467. The number of hydrogen-bond donors (Lipinski definition) is 0. The first-order valence-electron chi connectivity index (χ1n) is 14.5. The summed E-state index contributed by atoms with van der Waals surface area (Å²) >= 11 is 0. The molecule has 6 rings (SSSR count). The van der Waals surface area contributed by atoms with Crippen molar-refractivity contribution in [3.8, 4) is 0 Å². The summed E-state index contributed by atoms with van der Waals surface area (Å²) in [4.78, 5) is 6.30. The van der Waals surface area contributed by atoms with Gasteiger partial charge in [-0.3, -0.25) is 4.90 Å². The molecular weight excluding hydrogens is 607 g/mol. The fourth-order valence-corrected chi connectivity index (χ4v) is 6.16. The van der Waals surface area contributed by atoms with Crippen LogP contribution >= 0.6 is 0 Å². The number of rotatable bonds is 7. The normalized spacial score (nSPS) is 20.7. The highest BCUT2D eigenvalue weighted by atomic mass is 19.4. The van der Waals surface area contributed by atoms with Crippen LogP contribution in [0.2, 0.25) is 0 Å². The third-order valence-electron chi connectivity index (χ3n) is 8.61. The molecule has 0 unspecified atom stereocenters. The molecule has 0 spiro atoms. The molecule has 2 aromatic carbocycles. The van der Waals surface area contributed by atoms with Crippen molar-refractivity contribution < 1.29 is 35.5 Å². The molecule has 8 nitrogen and oxygen atoms in total. The molecule has 3 atom stereocenters. The summed E-state index contributed by atoms with van der Waals surface area (Å²) in [6.45, 7) is 3.93. The van der Waals surface area contributed by atoms with Gasteiger partial charge in [-0.25, -0.2) is 14.1 Å². The maximum absolute atomic E-state index is 13.8. The van der Waals surface area contributed by atoms with E-state index in [1.807, 2.05) is 9.25 Å². The van der Waals surface area contributed by atoms with E-state index in [0.29, 0.717) is 36.6 Å². The van der Waals surface area contributed by atoms with E-state index in [2.05, 4.69) is 25.2 Å². The number of aromatic nitrogens is 6. The van der Waals surface area contributed by atoms with Crippen molar-refractivity contribution in [2.75, 3.05) is 13.1 Å². The zero-order valence-electron chi connectivity index (χ0n) is 24.1. The Labute approximate surface area is 253 Å². The van der Waals surface area contributed by atoms with Gasteiger partial charge in [0.15, 0.2) is 0 Å². The topological polar surface area (TPSA) is 73.9 Å². The molecule has 2 aliphatic heterocycles. The van der Waals surface area contributed by atoms with Crippen molar-refractivity contribution in [1.29, 1.82) is 0 Å². The van der Waals surface area contributed by atoms with E-state index in [-0.39, 0.29) is 24.1 Å². The van der Waals surface area contributed by atoms with Crippen molar-refractivity contribution in [2.45, 2.75) is 75.8 Å². The minimum atomic E-state index is -4.98. The maximum atomic E-state index is 13.8. The number of piperidine rings is 1. The SMILES string of the molecule is C[C@@H](O[C@H]1Cc2nnc(CN3CCC(n4cncn4)CC3)n2C[C@@H]1c1ccc(F)cc1)c1cc(C(F)(F)F)cc(C(F)(F)F)c1. The van der Waals surface area contributed by atoms with Crippen LogP contribution < -0.4 is 0 Å². The highest BCUT2D eigenvalue weighted by molar-refractivity contribution is 5.35. The molecule has 0 saturated carbocycles. The van der Waals surface area contributed by atoms with Gasteiger partial charge in [0, 0.05) is 32.0 Å². The maximum Gasteiger partial charge on any atom is 0.416 e. The number of ether oxygens (including phenoxy) is 1. The van der Waals surface area contributed by atoms with Crippen molar-refractivity contribution in [3.05, 3.63) is 94.8 Å². The van der Waals surface area contributed by atoms with Gasteiger partial charge in [0.05, 0.1) is 35.9 Å². The van der Waals surface area contributed by atoms with E-state index in [0.717, 1.165) is 31.8 Å². The van der Waals surface area contributed by atoms with Crippen LogP contribution in [-0.4, -0.2) is 53.6 Å². The molecule has 0 radical (unpaired) electrons. The summed E-state index contributed by atoms with van der Waals surface area (Å²) in [5.74, 6) is 0.485. The van der Waals surface area contributed by atoms with Crippen LogP contribution in [0.4, 0.5) is 30.7 Å². The Hall–Kier alpha value is -3.85. The molecule has 1 fully saturated rings. The van der Waals surface area contributed by atoms with E-state index < -0.39 is 47.4 Å². The number of fused-ring (bicyclic) bond motifs is 1. The Bertz CT molecular complexity index is 1560. The Morgan fingerprint density at radius 3 is 2.20 bits per heavy atom. The lowest BCUT2D eigenvalue weighted by Crippen LogP contribution is -2.38. The molecule has 2 aromatic heterocycles. The summed E-state index contributed by atoms with van der Waals surface area (Å²) < 4.78 is 105. The average Bonchev–Trinajstić information content (AvgIpc) is 3.67. The summed E-state index contributed by atoms with van der Waals surface area (Å²) in [6, 6.07) is 7.56. The zero-order chi connectivity index (χ0) is 31.9. The molecule has 0 N–H and O–H groups in total. The molecule has 0 aliphatic carbocycles. The van der Waals surface area contributed by atoms with Crippen LogP contribution in [-0.2, 0) is 36.6 Å². The lowest BCUT2D eigenvalue weighted by atomic mass is 9.88. The highest BCUT2D eigenvalue weighted by Crippen LogP contribution is 2.40. The van der Waals surface area contributed by atoms with Crippen LogP contribution in [0.5, 0.6) is 0 Å². The molecule has 1 saturated heterocycles. The van der Waals surface area contributed by atoms with Gasteiger partial charge in [-0.15, -0.1) is 10.2 Å². The second-order valence-corrected chi connectivity index (χ2v) is 11.5. The monoisotopic (exact) mass is 637 g/mol. The molecule has 2 aliphatic rings. The van der Waals surface area contributed by atoms with Crippen LogP contribution in [0.25, 0.3) is 0 Å². The van der Waals surface area contributed by atoms with Crippen LogP contribution in [0.3, 0.4) is 0 Å². The predicted molar refractivity (Wildman–Crippen MR) is 146 cm³/mol. The lowest BCUT2D eigenvalue weighted by molar-refractivity contribution is -0.143. The zero-order valence-corrected chi connectivity index (χ0v) is 24.1. The Balaban J connectivity index is 1.24. The fourth-order valence-electron chi connectivity index (χ4n) is 6.16. The van der Waals surface area contributed by atoms with Gasteiger partial charge >= 0.3 is 12.4 Å². The van der Waals surface area contributed by atoms with Crippen LogP contribution in [0.15, 0.2) is 55.1 Å². The van der Waals surface area contributed by atoms with E-state index in [1.165, 1.54) is 25.4 Å². The number of benzene rings is 2. The molecule has 4 heterocycles. The minimum absolute atomic E-state index is 0.0965. The van der Waals surface area contributed by atoms with Gasteiger partial charge < -0.3 is 9.30 Å². The van der Waals surface area contributed by atoms with Gasteiger partial charge in [0.1, 0.15) is 30.1 Å². The number of likely N-dealkylation sites (tertiary alicyclic amines) is 1. The van der Waals surface area contributed by atoms with Gasteiger partial charge in [-0.05, 0) is 61.2 Å². The van der Waals surface area contributed by atoms with Crippen LogP contribution in [0.1, 0.15) is 71.7 Å². The first-order valence-corrected chi connectivity index (χ1v) is 14.5. The summed E-state index contributed by atoms with van der Waals surface area (Å²) in [5, 5.41) is 13.0. The van der Waals surface area contributed by atoms with Crippen molar-refractivity contribution in [3.63, 3.8) is 0 Å². The lowest BCUT2D eigenvalue weighted by Gasteiger charge is -2.36. The average molecular weight is 638 g/mol. The number of nitrogens with zero attached hydrogens (tertiary/aromatic N) is 7. The van der Waals surface area contributed by atoms with E-state index in [9.17, 15) is 30.7 Å². The molecule has 15 heteroatoms. The van der Waals surface area contributed by atoms with Crippen molar-refractivity contribution in [2.24, 2.45) is 0 Å². The number of hydrogen-bond acceptors (Lipinski definition) is 6. The smallest absolute Gasteiger partial charge is 0.369 e. The minimum Gasteiger partial charge on any atom is -0.369 e. The van der Waals surface area contributed by atoms with Crippen molar-refractivity contribution in [1.82, 2.24) is 34.4 Å². The van der Waals surface area contributed by atoms with Gasteiger partial charge in [0.25, 0.3) is 0 Å². The molecule has 4 aromatic rings. The van der Waals surface area contributed by atoms with Gasteiger partial charge in [-0.2, -0.15) is 31.4 Å². The summed E-state index contributed by atoms with van der Waals surface area (Å²) in [5.41, 5.74) is -2.35. The van der Waals surface area contributed by atoms with E-state index in [1.54, 1.807) is 18.5 Å². The molecule has 0 bridgehead atoms. The molecule has 240 valence electrons. The number of halogens is 7. The van der Waals surface area contributed by atoms with E-state index >= 15 is 0 Å². The first-order chi connectivity index (χ1) is 21.3. The molecule has 0 amide bonds. The second-order valence-electron chi connectivity index (χ2n) is 11.5. The summed E-state index contributed by atoms with van der Waals surface area (Å²) in [7, 11) is 0. The highest BCUT2D eigenvalue weighted by Gasteiger charge is 2.39. The second kappa shape index (κ2) is 12.2. The predicted octanol–water partition coefficient (Wildman–Crippen LogP) is 6.37. The number of alkyl halides is 6. The summed E-state index contributed by atoms with van der Waals surface area (Å²) in [6.07, 6.45) is -6.54. The largest absolute Gasteiger partial charge is 0.416 e. The third-order valence-corrected chi connectivity index (χ3v) is 8.61. The first kappa shape index (κ1) is 31.1. The Morgan fingerprint density at radius 2 is 1.60 bits per heavy atom. The van der Waals surface area contributed by atoms with Gasteiger partial charge in [0.2, 0.25) is 0 Å². The Kier molecular flexibility index (Phi) is 8.41. The third kappa shape index (κ3) is 6.88. The molecular formula is C30H30F7N7O. The van der Waals surface area contributed by atoms with Crippen molar-refractivity contribution >= 4 is 0 Å². The standard InChI is InChI=1S/C30H30F7N7O/c1-18(20-10-21(29(32,33)34)12-22(11-20)30(35,36)37)45-26-13-27-40-41-28(43(27)14-25(26)19-2-4-23(31)5-3-19)15-42-8-6-24(7-9-42)44-17-38-16-39-44/h2-5,10-12,16-18,24-26H,6-9,13-15H2,1H3/t18-,25-,26+/m1/s1. The quantitative estimate of drug-likeness (QED) is 0.220. The van der Waals surface area contributed by atoms with Crippen LogP contribution in [0, 0.1) is 5.82 Å². The Morgan fingerprint density at radius 1 is 0.933 bits per heavy atom.